The molecule has 0 spiro atoms. The number of fused-ring (bicyclic) bond motifs is 1. The van der Waals surface area contributed by atoms with E-state index in [0.717, 1.165) is 21.5 Å². The normalized spacial score (nSPS) is 11.9. The van der Waals surface area contributed by atoms with E-state index < -0.39 is 0 Å². The van der Waals surface area contributed by atoms with E-state index in [-0.39, 0.29) is 18.3 Å². The SMILES string of the molecule is CCOc1ccc2c(c1)sc(=NC(=O)/C=C/c1ccccc1)n2CCC(=O)OC. The molecule has 0 fully saturated rings. The summed E-state index contributed by atoms with van der Waals surface area (Å²) < 4.78 is 13.1. The molecule has 150 valence electrons. The van der Waals surface area contributed by atoms with E-state index in [1.807, 2.05) is 60.0 Å². The van der Waals surface area contributed by atoms with Gasteiger partial charge in [0.15, 0.2) is 4.80 Å². The van der Waals surface area contributed by atoms with Gasteiger partial charge in [-0.05, 0) is 36.8 Å². The number of aromatic nitrogens is 1. The molecule has 2 aromatic carbocycles. The molecule has 0 aliphatic carbocycles. The van der Waals surface area contributed by atoms with Gasteiger partial charge in [-0.25, -0.2) is 0 Å². The van der Waals surface area contributed by atoms with Crippen LogP contribution in [0.15, 0.2) is 59.6 Å². The molecule has 0 N–H and O–H groups in total. The molecule has 0 unspecified atom stereocenters. The van der Waals surface area contributed by atoms with Crippen molar-refractivity contribution in [1.29, 1.82) is 0 Å². The van der Waals surface area contributed by atoms with E-state index in [2.05, 4.69) is 4.99 Å². The summed E-state index contributed by atoms with van der Waals surface area (Å²) in [6, 6.07) is 15.3. The van der Waals surface area contributed by atoms with Crippen LogP contribution in [0.1, 0.15) is 18.9 Å². The highest BCUT2D eigenvalue weighted by Crippen LogP contribution is 2.23. The number of aryl methyl sites for hydroxylation is 1. The number of hydrogen-bond donors (Lipinski definition) is 0. The van der Waals surface area contributed by atoms with E-state index in [0.29, 0.717) is 18.0 Å². The van der Waals surface area contributed by atoms with E-state index in [1.165, 1.54) is 24.5 Å². The van der Waals surface area contributed by atoms with Crippen LogP contribution in [0.3, 0.4) is 0 Å². The lowest BCUT2D eigenvalue weighted by Crippen LogP contribution is -2.18. The Balaban J connectivity index is 1.96. The topological polar surface area (TPSA) is 69.9 Å². The lowest BCUT2D eigenvalue weighted by atomic mass is 10.2. The fourth-order valence-corrected chi connectivity index (χ4v) is 3.87. The van der Waals surface area contributed by atoms with Crippen LogP contribution in [0.5, 0.6) is 5.75 Å². The standard InChI is InChI=1S/C22H22N2O4S/c1-3-28-17-10-11-18-19(15-17)29-22(24(18)14-13-21(26)27-2)23-20(25)12-9-16-7-5-4-6-8-16/h4-12,15H,3,13-14H2,1-2H3/b12-9+,23-22?. The zero-order chi connectivity index (χ0) is 20.6. The molecule has 1 amide bonds. The molecule has 0 atom stereocenters. The number of nitrogens with zero attached hydrogens (tertiary/aromatic N) is 2. The van der Waals surface area contributed by atoms with Gasteiger partial charge < -0.3 is 14.0 Å². The Hall–Kier alpha value is -3.19. The van der Waals surface area contributed by atoms with Crippen LogP contribution >= 0.6 is 11.3 Å². The van der Waals surface area contributed by atoms with Crippen molar-refractivity contribution in [3.63, 3.8) is 0 Å². The molecule has 3 rings (SSSR count). The van der Waals surface area contributed by atoms with Crippen LogP contribution in [0.2, 0.25) is 0 Å². The van der Waals surface area contributed by atoms with Crippen molar-refractivity contribution in [2.24, 2.45) is 4.99 Å². The van der Waals surface area contributed by atoms with Crippen molar-refractivity contribution < 1.29 is 19.1 Å². The van der Waals surface area contributed by atoms with E-state index >= 15 is 0 Å². The van der Waals surface area contributed by atoms with Crippen LogP contribution < -0.4 is 9.54 Å². The summed E-state index contributed by atoms with van der Waals surface area (Å²) in [6.07, 6.45) is 3.36. The lowest BCUT2D eigenvalue weighted by Gasteiger charge is -2.05. The van der Waals surface area contributed by atoms with Gasteiger partial charge in [0.2, 0.25) is 0 Å². The van der Waals surface area contributed by atoms with Gasteiger partial charge in [-0.15, -0.1) is 0 Å². The van der Waals surface area contributed by atoms with Crippen LogP contribution in [0, 0.1) is 0 Å². The predicted octanol–water partition coefficient (Wildman–Crippen LogP) is 3.81. The second-order valence-electron chi connectivity index (χ2n) is 6.12. The average Bonchev–Trinajstić information content (AvgIpc) is 3.07. The van der Waals surface area contributed by atoms with Crippen LogP contribution in [-0.2, 0) is 20.9 Å². The molecule has 0 saturated heterocycles. The zero-order valence-electron chi connectivity index (χ0n) is 16.3. The smallest absolute Gasteiger partial charge is 0.307 e. The Bertz CT molecular complexity index is 1100. The van der Waals surface area contributed by atoms with Gasteiger partial charge in [-0.2, -0.15) is 4.99 Å². The van der Waals surface area contributed by atoms with E-state index in [4.69, 9.17) is 9.47 Å². The van der Waals surface area contributed by atoms with Gasteiger partial charge in [-0.1, -0.05) is 41.7 Å². The van der Waals surface area contributed by atoms with Crippen molar-refractivity contribution in [2.45, 2.75) is 19.9 Å². The van der Waals surface area contributed by atoms with E-state index in [1.54, 1.807) is 6.08 Å². The van der Waals surface area contributed by atoms with Crippen LogP contribution in [-0.4, -0.2) is 30.2 Å². The van der Waals surface area contributed by atoms with Crippen LogP contribution in [0.25, 0.3) is 16.3 Å². The molecule has 1 aromatic heterocycles. The summed E-state index contributed by atoms with van der Waals surface area (Å²) in [5.74, 6) is 0.0736. The minimum atomic E-state index is -0.364. The van der Waals surface area contributed by atoms with Gasteiger partial charge in [0.25, 0.3) is 5.91 Å². The third kappa shape index (κ3) is 5.42. The summed E-state index contributed by atoms with van der Waals surface area (Å²) in [5.41, 5.74) is 1.81. The van der Waals surface area contributed by atoms with Crippen molar-refractivity contribution >= 4 is 39.5 Å². The van der Waals surface area contributed by atoms with Gasteiger partial charge in [0.05, 0.1) is 30.4 Å². The fourth-order valence-electron chi connectivity index (χ4n) is 2.78. The zero-order valence-corrected chi connectivity index (χ0v) is 17.1. The quantitative estimate of drug-likeness (QED) is 0.439. The third-order valence-corrected chi connectivity index (χ3v) is 5.20. The molecule has 1 heterocycles. The fraction of sp³-hybridized carbons (Fsp3) is 0.227. The molecule has 0 radical (unpaired) electrons. The second kappa shape index (κ2) is 9.84. The minimum absolute atomic E-state index is 0.191. The average molecular weight is 410 g/mol. The molecule has 7 heteroatoms. The number of carbonyl (C=O) groups excluding carboxylic acids is 2. The van der Waals surface area contributed by atoms with Gasteiger partial charge in [0.1, 0.15) is 5.75 Å². The first kappa shape index (κ1) is 20.5. The monoisotopic (exact) mass is 410 g/mol. The molecule has 29 heavy (non-hydrogen) atoms. The maximum atomic E-state index is 12.4. The number of hydrogen-bond acceptors (Lipinski definition) is 5. The molecule has 6 nitrogen and oxygen atoms in total. The summed E-state index contributed by atoms with van der Waals surface area (Å²) in [7, 11) is 1.36. The predicted molar refractivity (Wildman–Crippen MR) is 114 cm³/mol. The van der Waals surface area contributed by atoms with Crippen LogP contribution in [0.4, 0.5) is 0 Å². The highest BCUT2D eigenvalue weighted by molar-refractivity contribution is 7.16. The number of ether oxygens (including phenoxy) is 2. The Kier molecular flexibility index (Phi) is 6.97. The Labute approximate surface area is 172 Å². The second-order valence-corrected chi connectivity index (χ2v) is 7.13. The summed E-state index contributed by atoms with van der Waals surface area (Å²) in [5, 5.41) is 0. The first-order chi connectivity index (χ1) is 14.1. The molecule has 0 aliphatic rings. The van der Waals surface area contributed by atoms with Crippen molar-refractivity contribution in [1.82, 2.24) is 4.57 Å². The number of benzene rings is 2. The molecule has 0 saturated carbocycles. The summed E-state index contributed by atoms with van der Waals surface area (Å²) in [4.78, 5) is 28.8. The number of amides is 1. The van der Waals surface area contributed by atoms with Gasteiger partial charge in [0, 0.05) is 12.6 Å². The molecule has 0 aliphatic heterocycles. The number of rotatable bonds is 7. The Morgan fingerprint density at radius 1 is 1.17 bits per heavy atom. The summed E-state index contributed by atoms with van der Waals surface area (Å²) >= 11 is 1.38. The van der Waals surface area contributed by atoms with Gasteiger partial charge in [-0.3, -0.25) is 9.59 Å². The minimum Gasteiger partial charge on any atom is -0.494 e. The number of esters is 1. The molecular formula is C22H22N2O4S. The third-order valence-electron chi connectivity index (χ3n) is 4.16. The maximum absolute atomic E-state index is 12.4. The maximum Gasteiger partial charge on any atom is 0.307 e. The highest BCUT2D eigenvalue weighted by Gasteiger charge is 2.10. The first-order valence-electron chi connectivity index (χ1n) is 9.25. The van der Waals surface area contributed by atoms with Crippen molar-refractivity contribution in [3.8, 4) is 5.75 Å². The van der Waals surface area contributed by atoms with Crippen molar-refractivity contribution in [2.75, 3.05) is 13.7 Å². The molecule has 3 aromatic rings. The first-order valence-corrected chi connectivity index (χ1v) is 10.1. The Morgan fingerprint density at radius 2 is 1.97 bits per heavy atom. The van der Waals surface area contributed by atoms with Gasteiger partial charge >= 0.3 is 5.97 Å². The number of carbonyl (C=O) groups is 2. The molecule has 0 bridgehead atoms. The summed E-state index contributed by atoms with van der Waals surface area (Å²) in [6.45, 7) is 2.86. The largest absolute Gasteiger partial charge is 0.494 e. The Morgan fingerprint density at radius 3 is 2.69 bits per heavy atom. The number of thiazole rings is 1. The number of methoxy groups -OCH3 is 1. The highest BCUT2D eigenvalue weighted by atomic mass is 32.1. The van der Waals surface area contributed by atoms with E-state index in [9.17, 15) is 9.59 Å². The molecular weight excluding hydrogens is 388 g/mol. The lowest BCUT2D eigenvalue weighted by molar-refractivity contribution is -0.140. The van der Waals surface area contributed by atoms with Crippen molar-refractivity contribution in [3.05, 3.63) is 65.0 Å².